The normalized spacial score (nSPS) is 42.4. The molecule has 50 heavy (non-hydrogen) atoms. The molecule has 0 radical (unpaired) electrons. The summed E-state index contributed by atoms with van der Waals surface area (Å²) < 4.78 is 48.9. The summed E-state index contributed by atoms with van der Waals surface area (Å²) >= 11 is 0. The van der Waals surface area contributed by atoms with E-state index in [0.29, 0.717) is 5.56 Å². The first-order valence-corrected chi connectivity index (χ1v) is 15.6. The minimum absolute atomic E-state index is 0.0964. The number of hydrogen-bond donors (Lipinski definition) is 10. The third kappa shape index (κ3) is 8.70. The Morgan fingerprint density at radius 1 is 0.760 bits per heavy atom. The molecule has 16 atom stereocenters. The van der Waals surface area contributed by atoms with E-state index in [9.17, 15) is 55.9 Å². The van der Waals surface area contributed by atoms with Crippen LogP contribution in [0.2, 0.25) is 0 Å². The summed E-state index contributed by atoms with van der Waals surface area (Å²) in [5, 5.41) is 103. The first kappa shape index (κ1) is 38.6. The Labute approximate surface area is 284 Å². The van der Waals surface area contributed by atoms with E-state index in [2.05, 4.69) is 0 Å². The lowest BCUT2D eigenvalue weighted by Gasteiger charge is -2.45. The van der Waals surface area contributed by atoms with E-state index < -0.39 is 131 Å². The molecular weight excluding hydrogens is 680 g/mol. The predicted octanol–water partition coefficient (Wildman–Crippen LogP) is -5.21. The monoisotopic (exact) mass is 722 g/mol. The zero-order chi connectivity index (χ0) is 36.3. The number of hydrogen-bond acceptors (Lipinski definition) is 20. The average Bonchev–Trinajstić information content (AvgIpc) is 3.37. The number of carbonyl (C=O) groups excluding carboxylic acids is 1. The summed E-state index contributed by atoms with van der Waals surface area (Å²) in [6.45, 7) is -1.83. The van der Waals surface area contributed by atoms with Crippen LogP contribution < -0.4 is 4.74 Å². The summed E-state index contributed by atoms with van der Waals surface area (Å²) in [5.41, 5.74) is 0.503. The molecule has 4 aliphatic rings. The van der Waals surface area contributed by atoms with E-state index >= 15 is 0 Å². The molecule has 20 nitrogen and oxygen atoms in total. The lowest BCUT2D eigenvalue weighted by molar-refractivity contribution is -0.362. The van der Waals surface area contributed by atoms with Crippen molar-refractivity contribution in [2.75, 3.05) is 33.5 Å². The molecule has 4 saturated heterocycles. The van der Waals surface area contributed by atoms with Crippen molar-refractivity contribution in [3.8, 4) is 11.5 Å². The summed E-state index contributed by atoms with van der Waals surface area (Å²) in [6.07, 6.45) is -23.0. The van der Waals surface area contributed by atoms with E-state index in [4.69, 9.17) is 42.6 Å². The van der Waals surface area contributed by atoms with Crippen LogP contribution in [0.1, 0.15) is 5.56 Å². The van der Waals surface area contributed by atoms with Gasteiger partial charge < -0.3 is 93.7 Å². The number of benzene rings is 1. The Balaban J connectivity index is 1.24. The van der Waals surface area contributed by atoms with Crippen LogP contribution in [0.15, 0.2) is 24.3 Å². The minimum Gasteiger partial charge on any atom is -0.504 e. The zero-order valence-corrected chi connectivity index (χ0v) is 26.5. The fourth-order valence-corrected chi connectivity index (χ4v) is 5.60. The molecule has 4 fully saturated rings. The van der Waals surface area contributed by atoms with Crippen LogP contribution in [0.5, 0.6) is 11.5 Å². The van der Waals surface area contributed by atoms with Gasteiger partial charge in [-0.2, -0.15) is 0 Å². The topological polar surface area (TPSA) is 302 Å². The highest BCUT2D eigenvalue weighted by atomic mass is 16.8. The van der Waals surface area contributed by atoms with Gasteiger partial charge in [-0.15, -0.1) is 0 Å². The second-order valence-corrected chi connectivity index (χ2v) is 12.0. The SMILES string of the molecule is COc1cc(/C=C/C(=O)OC[C@@H]2O[C@@H](O[C@@H]3[C@@H](O)[C@H](O[C@@H]4CO[C@@H](O)[C@H](O)[C@H]4O)OC[C@H]3O[C@@H]3OC[C@@H](O)[C@H](O)[C@H]3O)[C@@H](O)[C@H]2O)ccc1O. The summed E-state index contributed by atoms with van der Waals surface area (Å²) in [7, 11) is 1.36. The minimum atomic E-state index is -1.82. The molecule has 0 aromatic heterocycles. The molecule has 0 unspecified atom stereocenters. The molecule has 0 aliphatic carbocycles. The quantitative estimate of drug-likeness (QED) is 0.0754. The molecule has 1 aromatic rings. The van der Waals surface area contributed by atoms with Gasteiger partial charge in [-0.3, -0.25) is 0 Å². The number of aliphatic hydroxyl groups is 9. The lowest BCUT2D eigenvalue weighted by atomic mass is 10.0. The Kier molecular flexibility index (Phi) is 13.0. The van der Waals surface area contributed by atoms with Crippen molar-refractivity contribution in [3.63, 3.8) is 0 Å². The van der Waals surface area contributed by atoms with Gasteiger partial charge in [0.05, 0.1) is 26.9 Å². The smallest absolute Gasteiger partial charge is 0.330 e. The highest BCUT2D eigenvalue weighted by Crippen LogP contribution is 2.32. The van der Waals surface area contributed by atoms with E-state index in [-0.39, 0.29) is 11.5 Å². The summed E-state index contributed by atoms with van der Waals surface area (Å²) in [4.78, 5) is 12.4. The zero-order valence-electron chi connectivity index (χ0n) is 26.5. The van der Waals surface area contributed by atoms with Crippen molar-refractivity contribution in [2.24, 2.45) is 0 Å². The summed E-state index contributed by atoms with van der Waals surface area (Å²) in [6, 6.07) is 4.37. The van der Waals surface area contributed by atoms with Gasteiger partial charge >= 0.3 is 5.97 Å². The van der Waals surface area contributed by atoms with Gasteiger partial charge in [0.2, 0.25) is 0 Å². The first-order valence-electron chi connectivity index (χ1n) is 15.6. The first-order chi connectivity index (χ1) is 23.8. The Hall–Kier alpha value is -2.61. The molecule has 4 heterocycles. The van der Waals surface area contributed by atoms with Crippen molar-refractivity contribution in [1.29, 1.82) is 0 Å². The van der Waals surface area contributed by atoms with Crippen molar-refractivity contribution in [2.45, 2.75) is 98.4 Å². The highest BCUT2D eigenvalue weighted by molar-refractivity contribution is 5.87. The summed E-state index contributed by atoms with van der Waals surface area (Å²) in [5.74, 6) is -0.757. The van der Waals surface area contributed by atoms with Gasteiger partial charge in [0.25, 0.3) is 0 Å². The second-order valence-electron chi connectivity index (χ2n) is 12.0. The molecule has 20 heteroatoms. The predicted molar refractivity (Wildman–Crippen MR) is 157 cm³/mol. The van der Waals surface area contributed by atoms with Gasteiger partial charge in [0.15, 0.2) is 36.7 Å². The molecule has 10 N–H and O–H groups in total. The Morgan fingerprint density at radius 2 is 1.42 bits per heavy atom. The fourth-order valence-electron chi connectivity index (χ4n) is 5.60. The third-order valence-corrected chi connectivity index (χ3v) is 8.55. The lowest BCUT2D eigenvalue weighted by Crippen LogP contribution is -2.62. The Bertz CT molecular complexity index is 1300. The number of rotatable bonds is 11. The van der Waals surface area contributed by atoms with E-state index in [0.717, 1.165) is 6.08 Å². The van der Waals surface area contributed by atoms with Crippen LogP contribution in [-0.2, 0) is 42.7 Å². The number of carbonyl (C=O) groups is 1. The Morgan fingerprint density at radius 3 is 2.16 bits per heavy atom. The number of ether oxygens (including phenoxy) is 9. The number of esters is 1. The number of methoxy groups -OCH3 is 1. The van der Waals surface area contributed by atoms with Crippen LogP contribution in [0.4, 0.5) is 0 Å². The van der Waals surface area contributed by atoms with E-state index in [1.54, 1.807) is 0 Å². The molecule has 0 spiro atoms. The molecule has 282 valence electrons. The van der Waals surface area contributed by atoms with Gasteiger partial charge in [-0.05, 0) is 23.8 Å². The van der Waals surface area contributed by atoms with Gasteiger partial charge in [-0.25, -0.2) is 4.79 Å². The largest absolute Gasteiger partial charge is 0.504 e. The number of phenols is 1. The maximum Gasteiger partial charge on any atom is 0.330 e. The van der Waals surface area contributed by atoms with Crippen LogP contribution in [0, 0.1) is 0 Å². The van der Waals surface area contributed by atoms with Crippen molar-refractivity contribution >= 4 is 12.0 Å². The van der Waals surface area contributed by atoms with Crippen LogP contribution in [0.3, 0.4) is 0 Å². The molecule has 4 aliphatic heterocycles. The van der Waals surface area contributed by atoms with Crippen molar-refractivity contribution in [1.82, 2.24) is 0 Å². The average molecular weight is 723 g/mol. The molecule has 5 rings (SSSR count). The van der Waals surface area contributed by atoms with Crippen LogP contribution in [0.25, 0.3) is 6.08 Å². The number of aliphatic hydroxyl groups excluding tert-OH is 9. The molecule has 0 bridgehead atoms. The van der Waals surface area contributed by atoms with Gasteiger partial charge in [0, 0.05) is 6.08 Å². The highest BCUT2D eigenvalue weighted by Gasteiger charge is 2.52. The maximum absolute atomic E-state index is 12.4. The molecular formula is C30H42O20. The number of aromatic hydroxyl groups is 1. The molecule has 0 amide bonds. The van der Waals surface area contributed by atoms with Crippen LogP contribution >= 0.6 is 0 Å². The molecule has 1 aromatic carbocycles. The van der Waals surface area contributed by atoms with E-state index in [1.807, 2.05) is 0 Å². The van der Waals surface area contributed by atoms with Crippen molar-refractivity contribution in [3.05, 3.63) is 29.8 Å². The second kappa shape index (κ2) is 16.8. The fraction of sp³-hybridized carbons (Fsp3) is 0.700. The van der Waals surface area contributed by atoms with Gasteiger partial charge in [0.1, 0.15) is 79.9 Å². The van der Waals surface area contributed by atoms with Crippen LogP contribution in [-0.4, -0.2) is 189 Å². The van der Waals surface area contributed by atoms with Gasteiger partial charge in [-0.1, -0.05) is 6.07 Å². The van der Waals surface area contributed by atoms with Crippen molar-refractivity contribution < 1.29 is 98.5 Å². The maximum atomic E-state index is 12.4. The number of phenolic OH excluding ortho intramolecular Hbond substituents is 1. The molecule has 0 saturated carbocycles. The van der Waals surface area contributed by atoms with E-state index in [1.165, 1.54) is 31.4 Å². The standard InChI is InChI=1S/C30H42O20/c1-42-14-6-11(2-4-12(14)31)3-5-18(33)43-8-15-21(36)24(39)30(48-15)50-26-17(49-28-23(38)19(34)13(32)7-45-28)10-46-29(25(26)40)47-16-9-44-27(41)22(37)20(16)35/h2-6,13,15-17,19-32,34-41H,7-10H2,1H3/b5-3+/t13-,15+,16-,17-,19+,20+,21+,22-,23-,24+,25-,26+,27-,28+,29+,30+/m1/s1. The third-order valence-electron chi connectivity index (χ3n) is 8.55.